The van der Waals surface area contributed by atoms with Gasteiger partial charge in [-0.05, 0) is 18.8 Å². The first kappa shape index (κ1) is 10.0. The monoisotopic (exact) mass is 172 g/mol. The molecule has 2 atom stereocenters. The summed E-state index contributed by atoms with van der Waals surface area (Å²) in [6.45, 7) is 6.45. The van der Waals surface area contributed by atoms with E-state index in [0.717, 1.165) is 25.7 Å². The maximum Gasteiger partial charge on any atom is 0.155 e. The first-order valence-corrected chi connectivity index (χ1v) is 4.95. The predicted octanol–water partition coefficient (Wildman–Crippen LogP) is 2.31. The van der Waals surface area contributed by atoms with Gasteiger partial charge in [-0.25, -0.2) is 0 Å². The summed E-state index contributed by atoms with van der Waals surface area (Å²) in [6.07, 6.45) is 3.88. The Labute approximate surface area is 74.9 Å². The Kier molecular flexibility index (Phi) is 3.13. The van der Waals surface area contributed by atoms with Crippen LogP contribution in [0.2, 0.25) is 0 Å². The van der Waals surface area contributed by atoms with Crippen LogP contribution in [0.1, 0.15) is 46.5 Å². The Morgan fingerprint density at radius 2 is 1.92 bits per heavy atom. The van der Waals surface area contributed by atoms with E-state index in [-0.39, 0.29) is 6.10 Å². The quantitative estimate of drug-likeness (QED) is 0.692. The van der Waals surface area contributed by atoms with Crippen molar-refractivity contribution in [2.45, 2.75) is 58.8 Å². The van der Waals surface area contributed by atoms with Crippen LogP contribution in [0.5, 0.6) is 0 Å². The van der Waals surface area contributed by atoms with Crippen LogP contribution in [0.3, 0.4) is 0 Å². The average molecular weight is 172 g/mol. The molecule has 0 aromatic carbocycles. The predicted molar refractivity (Wildman–Crippen MR) is 48.8 cm³/mol. The lowest BCUT2D eigenvalue weighted by Crippen LogP contribution is -2.38. The fourth-order valence-corrected chi connectivity index (χ4v) is 2.26. The topological polar surface area (TPSA) is 29.5 Å². The Morgan fingerprint density at radius 3 is 2.33 bits per heavy atom. The van der Waals surface area contributed by atoms with Crippen LogP contribution in [0.15, 0.2) is 0 Å². The summed E-state index contributed by atoms with van der Waals surface area (Å²) >= 11 is 0. The largest absolute Gasteiger partial charge is 0.368 e. The van der Waals surface area contributed by atoms with Crippen LogP contribution < -0.4 is 0 Å². The molecule has 0 bridgehead atoms. The third-order valence-electron chi connectivity index (χ3n) is 3.22. The van der Waals surface area contributed by atoms with Gasteiger partial charge in [0.25, 0.3) is 0 Å². The molecule has 0 aliphatic carbocycles. The van der Waals surface area contributed by atoms with E-state index in [2.05, 4.69) is 13.8 Å². The minimum absolute atomic E-state index is 0.216. The maximum atomic E-state index is 9.46. The Hall–Kier alpha value is -0.0800. The summed E-state index contributed by atoms with van der Waals surface area (Å²) in [5.74, 6) is 0. The first-order valence-electron chi connectivity index (χ1n) is 4.95. The number of rotatable bonds is 2. The van der Waals surface area contributed by atoms with Crippen molar-refractivity contribution in [3.8, 4) is 0 Å². The molecule has 72 valence electrons. The van der Waals surface area contributed by atoms with Gasteiger partial charge in [0, 0.05) is 6.42 Å². The van der Waals surface area contributed by atoms with E-state index < -0.39 is 6.29 Å². The molecule has 0 aromatic rings. The van der Waals surface area contributed by atoms with Crippen molar-refractivity contribution in [2.24, 2.45) is 5.41 Å². The van der Waals surface area contributed by atoms with E-state index in [4.69, 9.17) is 4.74 Å². The highest BCUT2D eigenvalue weighted by Gasteiger charge is 2.36. The molecule has 0 spiro atoms. The van der Waals surface area contributed by atoms with Crippen molar-refractivity contribution in [1.29, 1.82) is 0 Å². The van der Waals surface area contributed by atoms with Crippen LogP contribution in [-0.4, -0.2) is 17.5 Å². The zero-order chi connectivity index (χ0) is 9.19. The second-order valence-corrected chi connectivity index (χ2v) is 4.02. The highest BCUT2D eigenvalue weighted by Crippen LogP contribution is 2.41. The van der Waals surface area contributed by atoms with Crippen molar-refractivity contribution < 1.29 is 9.84 Å². The van der Waals surface area contributed by atoms with E-state index in [1.54, 1.807) is 0 Å². The molecule has 1 aliphatic rings. The molecule has 2 nitrogen and oxygen atoms in total. The molecule has 2 heteroatoms. The van der Waals surface area contributed by atoms with Crippen LogP contribution in [-0.2, 0) is 4.74 Å². The lowest BCUT2D eigenvalue weighted by molar-refractivity contribution is -0.194. The van der Waals surface area contributed by atoms with Crippen LogP contribution in [0, 0.1) is 5.41 Å². The van der Waals surface area contributed by atoms with Gasteiger partial charge in [0.15, 0.2) is 6.29 Å². The van der Waals surface area contributed by atoms with Crippen molar-refractivity contribution in [3.63, 3.8) is 0 Å². The van der Waals surface area contributed by atoms with Crippen molar-refractivity contribution in [3.05, 3.63) is 0 Å². The molecule has 1 rings (SSSR count). The molecule has 0 saturated carbocycles. The van der Waals surface area contributed by atoms with Gasteiger partial charge in [0.2, 0.25) is 0 Å². The summed E-state index contributed by atoms with van der Waals surface area (Å²) < 4.78 is 5.30. The molecule has 1 N–H and O–H groups in total. The summed E-state index contributed by atoms with van der Waals surface area (Å²) in [7, 11) is 0. The number of aliphatic hydroxyl groups excluding tert-OH is 1. The normalized spacial score (nSPS) is 35.0. The number of aliphatic hydroxyl groups is 1. The summed E-state index contributed by atoms with van der Waals surface area (Å²) in [4.78, 5) is 0. The van der Waals surface area contributed by atoms with E-state index in [1.165, 1.54) is 0 Å². The Balaban J connectivity index is 2.62. The van der Waals surface area contributed by atoms with Gasteiger partial charge < -0.3 is 9.84 Å². The Bertz CT molecular complexity index is 129. The molecular weight excluding hydrogens is 152 g/mol. The second kappa shape index (κ2) is 3.75. The number of hydrogen-bond acceptors (Lipinski definition) is 2. The standard InChI is InChI=1S/C10H20O2/c1-4-10(5-2)6-8(3)12-9(11)7-10/h8-9,11H,4-7H2,1-3H3. The fourth-order valence-electron chi connectivity index (χ4n) is 2.26. The number of ether oxygens (including phenoxy) is 1. The lowest BCUT2D eigenvalue weighted by atomic mass is 9.73. The second-order valence-electron chi connectivity index (χ2n) is 4.02. The molecule has 2 unspecified atom stereocenters. The van der Waals surface area contributed by atoms with Crippen LogP contribution in [0.25, 0.3) is 0 Å². The minimum Gasteiger partial charge on any atom is -0.368 e. The molecule has 1 heterocycles. The van der Waals surface area contributed by atoms with Crippen LogP contribution >= 0.6 is 0 Å². The molecular formula is C10H20O2. The highest BCUT2D eigenvalue weighted by molar-refractivity contribution is 4.83. The van der Waals surface area contributed by atoms with E-state index in [9.17, 15) is 5.11 Å². The molecule has 0 aromatic heterocycles. The summed E-state index contributed by atoms with van der Waals surface area (Å²) in [5.41, 5.74) is 0.330. The zero-order valence-electron chi connectivity index (χ0n) is 8.34. The van der Waals surface area contributed by atoms with Gasteiger partial charge in [0.05, 0.1) is 6.10 Å². The van der Waals surface area contributed by atoms with Crippen molar-refractivity contribution in [1.82, 2.24) is 0 Å². The molecule has 1 fully saturated rings. The van der Waals surface area contributed by atoms with Gasteiger partial charge in [-0.1, -0.05) is 26.7 Å². The SMILES string of the molecule is CCC1(CC)CC(C)OC(O)C1. The van der Waals surface area contributed by atoms with E-state index >= 15 is 0 Å². The van der Waals surface area contributed by atoms with E-state index in [1.807, 2.05) is 6.92 Å². The van der Waals surface area contributed by atoms with Gasteiger partial charge in [0.1, 0.15) is 0 Å². The first-order chi connectivity index (χ1) is 5.62. The minimum atomic E-state index is -0.534. The molecule has 12 heavy (non-hydrogen) atoms. The van der Waals surface area contributed by atoms with Gasteiger partial charge in [-0.3, -0.25) is 0 Å². The van der Waals surface area contributed by atoms with Crippen molar-refractivity contribution in [2.75, 3.05) is 0 Å². The highest BCUT2D eigenvalue weighted by atomic mass is 16.6. The van der Waals surface area contributed by atoms with Crippen LogP contribution in [0.4, 0.5) is 0 Å². The maximum absolute atomic E-state index is 9.46. The van der Waals surface area contributed by atoms with Gasteiger partial charge >= 0.3 is 0 Å². The van der Waals surface area contributed by atoms with Gasteiger partial charge in [-0.2, -0.15) is 0 Å². The van der Waals surface area contributed by atoms with Crippen molar-refractivity contribution >= 4 is 0 Å². The summed E-state index contributed by atoms with van der Waals surface area (Å²) in [5, 5.41) is 9.46. The third kappa shape index (κ3) is 1.99. The smallest absolute Gasteiger partial charge is 0.155 e. The van der Waals surface area contributed by atoms with Gasteiger partial charge in [-0.15, -0.1) is 0 Å². The molecule has 0 amide bonds. The van der Waals surface area contributed by atoms with E-state index in [0.29, 0.717) is 5.41 Å². The summed E-state index contributed by atoms with van der Waals surface area (Å²) in [6, 6.07) is 0. The molecule has 1 aliphatic heterocycles. The Morgan fingerprint density at radius 1 is 1.33 bits per heavy atom. The zero-order valence-corrected chi connectivity index (χ0v) is 8.34. The molecule has 0 radical (unpaired) electrons. The molecule has 1 saturated heterocycles. The third-order valence-corrected chi connectivity index (χ3v) is 3.22. The fraction of sp³-hybridized carbons (Fsp3) is 1.00. The average Bonchev–Trinajstić information content (AvgIpc) is 2.02. The number of hydrogen-bond donors (Lipinski definition) is 1. The lowest BCUT2D eigenvalue weighted by Gasteiger charge is -2.41.